The summed E-state index contributed by atoms with van der Waals surface area (Å²) in [6.07, 6.45) is 7.19. The lowest BCUT2D eigenvalue weighted by molar-refractivity contribution is -0.132. The highest BCUT2D eigenvalue weighted by Gasteiger charge is 2.55. The molecule has 6 rings (SSSR count). The number of nitrogens with one attached hydrogen (secondary N) is 2. The first-order valence-corrected chi connectivity index (χ1v) is 11.9. The minimum atomic E-state index is -0.824. The number of nitrogens with zero attached hydrogens (tertiary/aromatic N) is 2. The highest BCUT2D eigenvalue weighted by molar-refractivity contribution is 6.30. The molecule has 34 heavy (non-hydrogen) atoms. The van der Waals surface area contributed by atoms with Crippen LogP contribution in [0.4, 0.5) is 4.39 Å². The fourth-order valence-electron chi connectivity index (χ4n) is 5.04. The summed E-state index contributed by atoms with van der Waals surface area (Å²) in [6.45, 7) is -0.313. The summed E-state index contributed by atoms with van der Waals surface area (Å²) in [6, 6.07) is 3.95. The summed E-state index contributed by atoms with van der Waals surface area (Å²) >= 11 is 5.66. The SMILES string of the molecule is O=C(COc1ccc(Cl)c(F)c1)NC12CCC(NC(=O)c3cnc(C4CC4)cn3)(CC1)C[C@@H]2O. The van der Waals surface area contributed by atoms with Gasteiger partial charge in [0.05, 0.1) is 28.6 Å². The van der Waals surface area contributed by atoms with Crippen LogP contribution in [-0.4, -0.2) is 50.7 Å². The Bertz CT molecular complexity index is 1100. The zero-order valence-corrected chi connectivity index (χ0v) is 19.3. The number of rotatable bonds is 7. The lowest BCUT2D eigenvalue weighted by Crippen LogP contribution is -2.70. The molecular formula is C24H26ClFN4O4. The van der Waals surface area contributed by atoms with Gasteiger partial charge in [-0.1, -0.05) is 11.6 Å². The Hall–Kier alpha value is -2.78. The van der Waals surface area contributed by atoms with Gasteiger partial charge < -0.3 is 20.5 Å². The van der Waals surface area contributed by atoms with E-state index in [-0.39, 0.29) is 29.0 Å². The molecule has 4 saturated carbocycles. The summed E-state index contributed by atoms with van der Waals surface area (Å²) in [7, 11) is 0. The maximum atomic E-state index is 13.6. The first kappa shape index (κ1) is 23.0. The molecule has 4 aliphatic carbocycles. The van der Waals surface area contributed by atoms with Crippen molar-refractivity contribution in [1.29, 1.82) is 0 Å². The molecule has 0 spiro atoms. The molecule has 1 aromatic carbocycles. The number of hydrogen-bond acceptors (Lipinski definition) is 6. The van der Waals surface area contributed by atoms with E-state index in [1.807, 2.05) is 0 Å². The fraction of sp³-hybridized carbons (Fsp3) is 0.500. The third-order valence-electron chi connectivity index (χ3n) is 7.25. The van der Waals surface area contributed by atoms with Crippen LogP contribution in [0.2, 0.25) is 5.02 Å². The molecule has 1 aromatic heterocycles. The number of amides is 2. The number of fused-ring (bicyclic) bond motifs is 3. The molecule has 0 radical (unpaired) electrons. The number of aliphatic hydroxyl groups excluding tert-OH is 1. The Kier molecular flexibility index (Phi) is 5.93. The summed E-state index contributed by atoms with van der Waals surface area (Å²) in [5.41, 5.74) is -0.132. The van der Waals surface area contributed by atoms with Crippen molar-refractivity contribution in [3.8, 4) is 5.75 Å². The summed E-state index contributed by atoms with van der Waals surface area (Å²) in [5.74, 6) is -0.673. The minimum Gasteiger partial charge on any atom is -0.484 e. The van der Waals surface area contributed by atoms with Gasteiger partial charge in [-0.3, -0.25) is 14.6 Å². The van der Waals surface area contributed by atoms with E-state index in [2.05, 4.69) is 20.6 Å². The lowest BCUT2D eigenvalue weighted by atomic mass is 9.60. The van der Waals surface area contributed by atoms with Crippen LogP contribution < -0.4 is 15.4 Å². The van der Waals surface area contributed by atoms with Crippen molar-refractivity contribution in [2.24, 2.45) is 0 Å². The molecule has 0 saturated heterocycles. The van der Waals surface area contributed by atoms with Crippen LogP contribution >= 0.6 is 11.6 Å². The molecule has 2 amide bonds. The predicted molar refractivity (Wildman–Crippen MR) is 121 cm³/mol. The van der Waals surface area contributed by atoms with Crippen molar-refractivity contribution in [3.05, 3.63) is 52.8 Å². The van der Waals surface area contributed by atoms with Gasteiger partial charge in [-0.15, -0.1) is 0 Å². The van der Waals surface area contributed by atoms with E-state index in [1.54, 1.807) is 6.20 Å². The summed E-state index contributed by atoms with van der Waals surface area (Å²) in [5, 5.41) is 16.9. The van der Waals surface area contributed by atoms with Gasteiger partial charge in [0, 0.05) is 23.7 Å². The van der Waals surface area contributed by atoms with E-state index in [4.69, 9.17) is 16.3 Å². The van der Waals surface area contributed by atoms with Crippen LogP contribution in [-0.2, 0) is 4.79 Å². The van der Waals surface area contributed by atoms with Gasteiger partial charge in [0.2, 0.25) is 0 Å². The highest BCUT2D eigenvalue weighted by Crippen LogP contribution is 2.47. The largest absolute Gasteiger partial charge is 0.484 e. The van der Waals surface area contributed by atoms with Gasteiger partial charge >= 0.3 is 0 Å². The number of aliphatic hydroxyl groups is 1. The number of carbonyl (C=O) groups excluding carboxylic acids is 2. The Morgan fingerprint density at radius 2 is 1.91 bits per heavy atom. The second kappa shape index (κ2) is 8.78. The third-order valence-corrected chi connectivity index (χ3v) is 7.56. The zero-order chi connectivity index (χ0) is 23.9. The Balaban J connectivity index is 1.16. The topological polar surface area (TPSA) is 113 Å². The monoisotopic (exact) mass is 488 g/mol. The molecule has 2 bridgehead atoms. The van der Waals surface area contributed by atoms with Crippen molar-refractivity contribution in [2.45, 2.75) is 68.0 Å². The van der Waals surface area contributed by atoms with Crippen LogP contribution in [0.3, 0.4) is 0 Å². The molecule has 3 N–H and O–H groups in total. The van der Waals surface area contributed by atoms with E-state index >= 15 is 0 Å². The fourth-order valence-corrected chi connectivity index (χ4v) is 5.16. The van der Waals surface area contributed by atoms with Gasteiger partial charge in [0.25, 0.3) is 11.8 Å². The Labute approximate surface area is 201 Å². The number of hydrogen-bond donors (Lipinski definition) is 3. The van der Waals surface area contributed by atoms with Gasteiger partial charge in [0.15, 0.2) is 6.61 Å². The highest BCUT2D eigenvalue weighted by atomic mass is 35.5. The molecule has 4 aliphatic rings. The second-order valence-corrected chi connectivity index (χ2v) is 10.0. The van der Waals surface area contributed by atoms with Crippen LogP contribution in [0, 0.1) is 5.82 Å². The lowest BCUT2D eigenvalue weighted by Gasteiger charge is -2.56. The average Bonchev–Trinajstić information content (AvgIpc) is 3.67. The van der Waals surface area contributed by atoms with E-state index in [9.17, 15) is 19.1 Å². The maximum absolute atomic E-state index is 13.6. The standard InChI is InChI=1S/C24H26ClFN4O4/c25-16-4-3-15(9-17(16)26)34-13-21(32)29-24-7-5-23(6-8-24,10-20(24)31)30-22(33)19-12-27-18(11-28-19)14-1-2-14/h3-4,9,11-12,14,20,31H,1-2,5-8,10,13H2,(H,29,32)(H,30,33)/t20-,23?,24?/m0/s1. The molecule has 0 unspecified atom stereocenters. The molecule has 1 atom stereocenters. The van der Waals surface area contributed by atoms with Crippen molar-refractivity contribution >= 4 is 23.4 Å². The van der Waals surface area contributed by atoms with Gasteiger partial charge in [-0.25, -0.2) is 9.37 Å². The molecule has 1 heterocycles. The van der Waals surface area contributed by atoms with Crippen LogP contribution in [0.25, 0.3) is 0 Å². The van der Waals surface area contributed by atoms with Gasteiger partial charge in [-0.2, -0.15) is 0 Å². The van der Waals surface area contributed by atoms with Gasteiger partial charge in [0.1, 0.15) is 17.3 Å². The Morgan fingerprint density at radius 1 is 1.15 bits per heavy atom. The predicted octanol–water partition coefficient (Wildman–Crippen LogP) is 2.89. The van der Waals surface area contributed by atoms with Crippen LogP contribution in [0.5, 0.6) is 5.75 Å². The number of ether oxygens (including phenoxy) is 1. The molecular weight excluding hydrogens is 463 g/mol. The molecule has 10 heteroatoms. The smallest absolute Gasteiger partial charge is 0.271 e. The number of halogens is 2. The molecule has 8 nitrogen and oxygen atoms in total. The van der Waals surface area contributed by atoms with E-state index in [0.29, 0.717) is 38.0 Å². The summed E-state index contributed by atoms with van der Waals surface area (Å²) < 4.78 is 18.9. The van der Waals surface area contributed by atoms with Crippen LogP contribution in [0.15, 0.2) is 30.6 Å². The molecule has 2 aromatic rings. The number of aromatic nitrogens is 2. The quantitative estimate of drug-likeness (QED) is 0.552. The second-order valence-electron chi connectivity index (χ2n) is 9.62. The van der Waals surface area contributed by atoms with E-state index in [1.165, 1.54) is 18.3 Å². The third kappa shape index (κ3) is 4.59. The van der Waals surface area contributed by atoms with Crippen molar-refractivity contribution in [2.75, 3.05) is 6.61 Å². The summed E-state index contributed by atoms with van der Waals surface area (Å²) in [4.78, 5) is 34.0. The number of benzene rings is 1. The average molecular weight is 489 g/mol. The molecule has 180 valence electrons. The van der Waals surface area contributed by atoms with Crippen LogP contribution in [0.1, 0.15) is 67.0 Å². The van der Waals surface area contributed by atoms with E-state index < -0.39 is 28.9 Å². The van der Waals surface area contributed by atoms with Gasteiger partial charge in [-0.05, 0) is 57.1 Å². The zero-order valence-electron chi connectivity index (χ0n) is 18.5. The first-order chi connectivity index (χ1) is 16.3. The van der Waals surface area contributed by atoms with E-state index in [0.717, 1.165) is 24.6 Å². The maximum Gasteiger partial charge on any atom is 0.271 e. The molecule has 4 fully saturated rings. The molecule has 0 aliphatic heterocycles. The van der Waals surface area contributed by atoms with Crippen molar-refractivity contribution in [1.82, 2.24) is 20.6 Å². The normalized spacial score (nSPS) is 27.8. The minimum absolute atomic E-state index is 0.0267. The first-order valence-electron chi connectivity index (χ1n) is 11.5. The van der Waals surface area contributed by atoms with Crippen molar-refractivity contribution < 1.29 is 23.8 Å². The van der Waals surface area contributed by atoms with Crippen molar-refractivity contribution in [3.63, 3.8) is 0 Å². The Morgan fingerprint density at radius 3 is 2.53 bits per heavy atom. The number of carbonyl (C=O) groups is 2.